The van der Waals surface area contributed by atoms with Crippen LogP contribution in [0.15, 0.2) is 11.8 Å². The SMILES string of the molecule is CC/C=C/[Si]OS(=O)(=O)O. The van der Waals surface area contributed by atoms with Gasteiger partial charge in [-0.25, -0.2) is 0 Å². The van der Waals surface area contributed by atoms with E-state index in [9.17, 15) is 8.42 Å². The van der Waals surface area contributed by atoms with E-state index in [-0.39, 0.29) is 9.76 Å². The van der Waals surface area contributed by atoms with Crippen molar-refractivity contribution in [2.24, 2.45) is 0 Å². The second-order valence-corrected chi connectivity index (χ2v) is 3.53. The van der Waals surface area contributed by atoms with Crippen molar-refractivity contribution >= 4 is 20.2 Å². The molecule has 0 saturated heterocycles. The first-order chi connectivity index (χ1) is 4.56. The van der Waals surface area contributed by atoms with E-state index in [2.05, 4.69) is 3.87 Å². The summed E-state index contributed by atoms with van der Waals surface area (Å²) in [6.45, 7) is 1.91. The van der Waals surface area contributed by atoms with Gasteiger partial charge < -0.3 is 0 Å². The fraction of sp³-hybridized carbons (Fsp3) is 0.500. The van der Waals surface area contributed by atoms with Gasteiger partial charge in [0.25, 0.3) is 9.76 Å². The Morgan fingerprint density at radius 1 is 1.70 bits per heavy atom. The minimum absolute atomic E-state index is 0.328. The molecule has 0 amide bonds. The molecule has 0 unspecified atom stereocenters. The highest BCUT2D eigenvalue weighted by Crippen LogP contribution is 1.84. The van der Waals surface area contributed by atoms with Crippen molar-refractivity contribution in [2.75, 3.05) is 0 Å². The first-order valence-electron chi connectivity index (χ1n) is 2.62. The minimum atomic E-state index is -4.24. The van der Waals surface area contributed by atoms with Crippen LogP contribution in [0.25, 0.3) is 0 Å². The summed E-state index contributed by atoms with van der Waals surface area (Å²) in [6.07, 6.45) is 2.57. The molecule has 0 aliphatic carbocycles. The summed E-state index contributed by atoms with van der Waals surface area (Å²) in [5.41, 5.74) is 1.55. The molecule has 2 radical (unpaired) electrons. The maximum absolute atomic E-state index is 9.90. The van der Waals surface area contributed by atoms with Crippen LogP contribution in [0.5, 0.6) is 0 Å². The summed E-state index contributed by atoms with van der Waals surface area (Å²) in [4.78, 5) is 0. The van der Waals surface area contributed by atoms with Gasteiger partial charge in [0.05, 0.1) is 0 Å². The van der Waals surface area contributed by atoms with Crippen LogP contribution in [0.4, 0.5) is 0 Å². The third-order valence-electron chi connectivity index (χ3n) is 0.575. The van der Waals surface area contributed by atoms with Crippen molar-refractivity contribution in [1.82, 2.24) is 0 Å². The molecule has 6 heteroatoms. The number of allylic oxidation sites excluding steroid dienone is 1. The van der Waals surface area contributed by atoms with Crippen molar-refractivity contribution in [3.05, 3.63) is 11.8 Å². The number of rotatable bonds is 4. The molecule has 0 saturated carbocycles. The highest BCUT2D eigenvalue weighted by atomic mass is 32.3. The lowest BCUT2D eigenvalue weighted by atomic mass is 10.5. The van der Waals surface area contributed by atoms with Crippen molar-refractivity contribution in [1.29, 1.82) is 0 Å². The topological polar surface area (TPSA) is 63.6 Å². The Hall–Kier alpha value is -0.173. The molecule has 0 bridgehead atoms. The fourth-order valence-corrected chi connectivity index (χ4v) is 1.30. The average molecular weight is 180 g/mol. The maximum Gasteiger partial charge on any atom is 0.387 e. The van der Waals surface area contributed by atoms with Crippen LogP contribution >= 0.6 is 0 Å². The van der Waals surface area contributed by atoms with Crippen molar-refractivity contribution in [3.63, 3.8) is 0 Å². The van der Waals surface area contributed by atoms with Crippen LogP contribution < -0.4 is 0 Å². The first-order valence-corrected chi connectivity index (χ1v) is 4.97. The average Bonchev–Trinajstić information content (AvgIpc) is 1.78. The maximum atomic E-state index is 9.90. The summed E-state index contributed by atoms with van der Waals surface area (Å²) in [5, 5.41) is 0. The van der Waals surface area contributed by atoms with E-state index in [0.717, 1.165) is 6.42 Å². The highest BCUT2D eigenvalue weighted by Gasteiger charge is 2.00. The van der Waals surface area contributed by atoms with Gasteiger partial charge in [0.15, 0.2) is 0 Å². The van der Waals surface area contributed by atoms with Gasteiger partial charge in [-0.05, 0) is 6.42 Å². The van der Waals surface area contributed by atoms with Gasteiger partial charge in [0, 0.05) is 0 Å². The van der Waals surface area contributed by atoms with E-state index in [0.29, 0.717) is 0 Å². The molecule has 0 aromatic heterocycles. The lowest BCUT2D eigenvalue weighted by Gasteiger charge is -1.90. The largest absolute Gasteiger partial charge is 0.387 e. The quantitative estimate of drug-likeness (QED) is 0.501. The van der Waals surface area contributed by atoms with Gasteiger partial charge in [0.2, 0.25) is 0 Å². The van der Waals surface area contributed by atoms with Crippen LogP contribution in [0, 0.1) is 0 Å². The predicted octanol–water partition coefficient (Wildman–Crippen LogP) is 0.349. The molecule has 0 heterocycles. The van der Waals surface area contributed by atoms with Crippen LogP contribution in [0.2, 0.25) is 0 Å². The summed E-state index contributed by atoms with van der Waals surface area (Å²) < 4.78 is 31.8. The van der Waals surface area contributed by atoms with Crippen LogP contribution in [-0.2, 0) is 14.3 Å². The Morgan fingerprint density at radius 2 is 2.30 bits per heavy atom. The van der Waals surface area contributed by atoms with Crippen molar-refractivity contribution in [3.8, 4) is 0 Å². The molecular formula is C4H8O4SSi. The zero-order valence-electron chi connectivity index (χ0n) is 5.44. The van der Waals surface area contributed by atoms with Crippen molar-refractivity contribution < 1.29 is 16.8 Å². The van der Waals surface area contributed by atoms with Crippen LogP contribution in [0.3, 0.4) is 0 Å². The second-order valence-electron chi connectivity index (χ2n) is 1.44. The molecule has 58 valence electrons. The summed E-state index contributed by atoms with van der Waals surface area (Å²) >= 11 is 0. The van der Waals surface area contributed by atoms with Crippen LogP contribution in [-0.4, -0.2) is 22.7 Å². The third kappa shape index (κ3) is 7.83. The van der Waals surface area contributed by atoms with E-state index in [1.807, 2.05) is 6.92 Å². The normalized spacial score (nSPS) is 12.6. The smallest absolute Gasteiger partial charge is 0.289 e. The standard InChI is InChI=1S/C4H8O4SSi/c1-2-3-4-10-8-9(5,6)7/h3-4H,2H2,1H3,(H,5,6,7)/b4-3+. The van der Waals surface area contributed by atoms with E-state index < -0.39 is 10.4 Å². The van der Waals surface area contributed by atoms with Crippen molar-refractivity contribution in [2.45, 2.75) is 13.3 Å². The number of hydrogen-bond acceptors (Lipinski definition) is 3. The van der Waals surface area contributed by atoms with Gasteiger partial charge in [-0.1, -0.05) is 18.7 Å². The summed E-state index contributed by atoms with van der Waals surface area (Å²) in [6, 6.07) is 0. The Kier molecular flexibility index (Phi) is 4.53. The molecule has 0 aromatic rings. The van der Waals surface area contributed by atoms with E-state index in [4.69, 9.17) is 4.55 Å². The fourth-order valence-electron chi connectivity index (χ4n) is 0.255. The second kappa shape index (κ2) is 4.61. The zero-order valence-corrected chi connectivity index (χ0v) is 7.26. The molecule has 0 aliphatic heterocycles. The molecule has 0 aliphatic rings. The van der Waals surface area contributed by atoms with Gasteiger partial charge in [-0.2, -0.15) is 8.42 Å². The molecule has 0 atom stereocenters. The lowest BCUT2D eigenvalue weighted by molar-refractivity contribution is 0.397. The summed E-state index contributed by atoms with van der Waals surface area (Å²) in [7, 11) is -4.57. The monoisotopic (exact) mass is 180 g/mol. The Labute approximate surface area is 62.8 Å². The van der Waals surface area contributed by atoms with Crippen LogP contribution in [0.1, 0.15) is 13.3 Å². The molecule has 1 N–H and O–H groups in total. The zero-order chi connectivity index (χ0) is 8.04. The molecule has 4 nitrogen and oxygen atoms in total. The molecule has 0 aromatic carbocycles. The minimum Gasteiger partial charge on any atom is -0.289 e. The van der Waals surface area contributed by atoms with E-state index in [1.165, 1.54) is 0 Å². The first kappa shape index (κ1) is 9.83. The van der Waals surface area contributed by atoms with E-state index in [1.54, 1.807) is 11.8 Å². The Bertz CT molecular complexity index is 195. The third-order valence-corrected chi connectivity index (χ3v) is 2.17. The summed E-state index contributed by atoms with van der Waals surface area (Å²) in [5.74, 6) is 0. The molecular weight excluding hydrogens is 172 g/mol. The van der Waals surface area contributed by atoms with Gasteiger partial charge in [-0.3, -0.25) is 8.42 Å². The van der Waals surface area contributed by atoms with Gasteiger partial charge >= 0.3 is 10.4 Å². The van der Waals surface area contributed by atoms with E-state index >= 15 is 0 Å². The molecule has 0 spiro atoms. The lowest BCUT2D eigenvalue weighted by Crippen LogP contribution is -2.05. The highest BCUT2D eigenvalue weighted by molar-refractivity contribution is 7.81. The predicted molar refractivity (Wildman–Crippen MR) is 37.8 cm³/mol. The van der Waals surface area contributed by atoms with Gasteiger partial charge in [-0.15, -0.1) is 0 Å². The molecule has 0 rings (SSSR count). The van der Waals surface area contributed by atoms with Gasteiger partial charge in [0.1, 0.15) is 0 Å². The number of hydrogen-bond donors (Lipinski definition) is 1. The molecule has 0 fully saturated rings. The molecule has 10 heavy (non-hydrogen) atoms. The Morgan fingerprint density at radius 3 is 2.70 bits per heavy atom. The Balaban J connectivity index is 3.48.